The van der Waals surface area contributed by atoms with E-state index in [9.17, 15) is 9.59 Å². The molecule has 0 radical (unpaired) electrons. The molecule has 3 atom stereocenters. The highest BCUT2D eigenvalue weighted by atomic mass is 16.5. The molecule has 4 heterocycles. The fourth-order valence-electron chi connectivity index (χ4n) is 5.92. The minimum absolute atomic E-state index is 0.00231. The number of ether oxygens (including phenoxy) is 1. The van der Waals surface area contributed by atoms with E-state index < -0.39 is 0 Å². The van der Waals surface area contributed by atoms with Crippen LogP contribution in [0.25, 0.3) is 0 Å². The first-order valence-corrected chi connectivity index (χ1v) is 13.9. The first-order chi connectivity index (χ1) is 18.6. The van der Waals surface area contributed by atoms with Gasteiger partial charge in [0.2, 0.25) is 5.91 Å². The van der Waals surface area contributed by atoms with Crippen molar-refractivity contribution in [3.05, 3.63) is 64.2 Å². The van der Waals surface area contributed by atoms with Gasteiger partial charge in [-0.2, -0.15) is 0 Å². The van der Waals surface area contributed by atoms with E-state index in [2.05, 4.69) is 23.5 Å². The van der Waals surface area contributed by atoms with Crippen molar-refractivity contribution in [1.29, 1.82) is 0 Å². The molecule has 0 fully saturated rings. The zero-order valence-corrected chi connectivity index (χ0v) is 22.7. The molecule has 2 aromatic carbocycles. The summed E-state index contributed by atoms with van der Waals surface area (Å²) in [5.41, 5.74) is 11.6. The van der Waals surface area contributed by atoms with Gasteiger partial charge in [-0.1, -0.05) is 38.5 Å². The molecule has 0 aromatic heterocycles. The van der Waals surface area contributed by atoms with E-state index >= 15 is 0 Å². The molecular formula is C30H40N4O4. The molecule has 8 nitrogen and oxygen atoms in total. The average molecular weight is 521 g/mol. The number of aliphatic hydroxyl groups excluding tert-OH is 1. The first-order valence-electron chi connectivity index (χ1n) is 13.9. The Labute approximate surface area is 225 Å². The predicted octanol–water partition coefficient (Wildman–Crippen LogP) is 4.20. The van der Waals surface area contributed by atoms with E-state index in [-0.39, 0.29) is 35.9 Å². The molecule has 0 saturated heterocycles. The number of amides is 2. The molecule has 38 heavy (non-hydrogen) atoms. The van der Waals surface area contributed by atoms with Gasteiger partial charge in [0.25, 0.3) is 5.91 Å². The number of nitrogens with two attached hydrogens (primary N) is 1. The largest absolute Gasteiger partial charge is 0.493 e. The smallest absolute Gasteiger partial charge is 0.251 e. The standard InChI is InChI=1S/C27H30N4O3.C2H6.CH4O/c28-27-29-19-4-2-1-3-16-5-6-17-7-9-22(20(17)13-16)30-26(33)18-8-10-24-21(14-18)23(11-12-34-24)31(27)25(32)15-19;2*1-2/h5-6,8,10,13-14,19,22-23H,1-4,7,9,11-12,15H2,(H2,28,29)(H,30,33);1-2H3;2H,1H3/t19?,22?,23-;;/m1../s1. The lowest BCUT2D eigenvalue weighted by Crippen LogP contribution is -2.50. The minimum Gasteiger partial charge on any atom is -0.493 e. The van der Waals surface area contributed by atoms with Crippen LogP contribution < -0.4 is 15.8 Å². The highest BCUT2D eigenvalue weighted by Crippen LogP contribution is 2.39. The van der Waals surface area contributed by atoms with Crippen LogP contribution >= 0.6 is 0 Å². The lowest BCUT2D eigenvalue weighted by molar-refractivity contribution is -0.130. The quantitative estimate of drug-likeness (QED) is 0.481. The topological polar surface area (TPSA) is 117 Å². The monoisotopic (exact) mass is 520 g/mol. The number of aryl methyl sites for hydroxylation is 2. The van der Waals surface area contributed by atoms with Crippen LogP contribution in [0.5, 0.6) is 5.75 Å². The zero-order valence-electron chi connectivity index (χ0n) is 22.7. The van der Waals surface area contributed by atoms with Gasteiger partial charge in [0.15, 0.2) is 5.96 Å². The molecule has 4 aliphatic heterocycles. The molecule has 2 unspecified atom stereocenters. The second-order valence-corrected chi connectivity index (χ2v) is 9.86. The van der Waals surface area contributed by atoms with Gasteiger partial charge in [0.05, 0.1) is 24.7 Å². The molecule has 8 heteroatoms. The van der Waals surface area contributed by atoms with Crippen LogP contribution in [-0.4, -0.2) is 47.5 Å². The van der Waals surface area contributed by atoms with Crippen molar-refractivity contribution in [2.75, 3.05) is 13.7 Å². The number of hydrogen-bond donors (Lipinski definition) is 3. The first kappa shape index (κ1) is 27.6. The summed E-state index contributed by atoms with van der Waals surface area (Å²) < 4.78 is 5.86. The van der Waals surface area contributed by atoms with E-state index in [1.807, 2.05) is 26.0 Å². The number of hydrogen-bond acceptors (Lipinski definition) is 6. The third kappa shape index (κ3) is 5.55. The summed E-state index contributed by atoms with van der Waals surface area (Å²) in [6.45, 7) is 4.49. The van der Waals surface area contributed by atoms with Gasteiger partial charge < -0.3 is 20.9 Å². The van der Waals surface area contributed by atoms with Gasteiger partial charge in [0.1, 0.15) is 5.75 Å². The number of carbonyl (C=O) groups excluding carboxylic acids is 2. The number of aliphatic hydroxyl groups is 1. The minimum atomic E-state index is -0.276. The number of carbonyl (C=O) groups is 2. The average Bonchev–Trinajstić information content (AvgIpc) is 3.34. The molecule has 204 valence electrons. The predicted molar refractivity (Wildman–Crippen MR) is 148 cm³/mol. The van der Waals surface area contributed by atoms with Gasteiger partial charge in [-0.05, 0) is 67.0 Å². The Balaban J connectivity index is 0.000000804. The number of aliphatic imine (C=N–C) groups is 1. The van der Waals surface area contributed by atoms with Crippen molar-refractivity contribution >= 4 is 17.8 Å². The maximum absolute atomic E-state index is 13.3. The molecule has 0 spiro atoms. The summed E-state index contributed by atoms with van der Waals surface area (Å²) in [6, 6.07) is 11.9. The summed E-state index contributed by atoms with van der Waals surface area (Å²) in [6.07, 6.45) is 6.75. The fraction of sp³-hybridized carbons (Fsp3) is 0.500. The second kappa shape index (κ2) is 12.4. The van der Waals surface area contributed by atoms with Crippen LogP contribution in [0.15, 0.2) is 41.4 Å². The summed E-state index contributed by atoms with van der Waals surface area (Å²) in [4.78, 5) is 32.8. The molecular weight excluding hydrogens is 480 g/mol. The summed E-state index contributed by atoms with van der Waals surface area (Å²) in [5, 5.41) is 10.3. The van der Waals surface area contributed by atoms with Gasteiger partial charge in [-0.15, -0.1) is 0 Å². The van der Waals surface area contributed by atoms with Gasteiger partial charge in [0, 0.05) is 31.1 Å². The molecule has 1 aliphatic carbocycles. The summed E-state index contributed by atoms with van der Waals surface area (Å²) in [7, 11) is 1.00. The van der Waals surface area contributed by atoms with Crippen LogP contribution in [0.2, 0.25) is 0 Å². The lowest BCUT2D eigenvalue weighted by atomic mass is 9.94. The van der Waals surface area contributed by atoms with Crippen LogP contribution in [0.1, 0.15) is 97.1 Å². The molecule has 0 saturated carbocycles. The Hall–Kier alpha value is -3.39. The second-order valence-electron chi connectivity index (χ2n) is 9.86. The molecule has 2 amide bonds. The Morgan fingerprint density at radius 1 is 1.00 bits per heavy atom. The third-order valence-corrected chi connectivity index (χ3v) is 7.68. The van der Waals surface area contributed by atoms with Crippen molar-refractivity contribution in [2.24, 2.45) is 10.7 Å². The Morgan fingerprint density at radius 3 is 2.61 bits per heavy atom. The number of rotatable bonds is 0. The van der Waals surface area contributed by atoms with Crippen molar-refractivity contribution in [3.63, 3.8) is 0 Å². The summed E-state index contributed by atoms with van der Waals surface area (Å²) in [5.74, 6) is 0.864. The number of benzene rings is 2. The normalized spacial score (nSPS) is 23.8. The zero-order chi connectivity index (χ0) is 27.2. The van der Waals surface area contributed by atoms with Crippen molar-refractivity contribution in [3.8, 4) is 5.75 Å². The fourth-order valence-corrected chi connectivity index (χ4v) is 5.92. The lowest BCUT2D eigenvalue weighted by Gasteiger charge is -2.38. The number of nitrogens with zero attached hydrogens (tertiary/aromatic N) is 2. The van der Waals surface area contributed by atoms with Crippen molar-refractivity contribution < 1.29 is 19.4 Å². The van der Waals surface area contributed by atoms with E-state index in [1.54, 1.807) is 11.0 Å². The van der Waals surface area contributed by atoms with Crippen LogP contribution in [0, 0.1) is 0 Å². The van der Waals surface area contributed by atoms with Crippen molar-refractivity contribution in [2.45, 2.75) is 83.3 Å². The van der Waals surface area contributed by atoms with Crippen LogP contribution in [-0.2, 0) is 17.6 Å². The maximum atomic E-state index is 13.3. The molecule has 6 bridgehead atoms. The maximum Gasteiger partial charge on any atom is 0.251 e. The molecule has 5 aliphatic rings. The highest BCUT2D eigenvalue weighted by molar-refractivity contribution is 5.99. The number of fused-ring (bicyclic) bond motifs is 5. The molecule has 4 N–H and O–H groups in total. The van der Waals surface area contributed by atoms with Gasteiger partial charge in [-0.25, -0.2) is 4.99 Å². The Bertz CT molecular complexity index is 1190. The van der Waals surface area contributed by atoms with Crippen molar-refractivity contribution in [1.82, 2.24) is 10.2 Å². The number of nitrogens with one attached hydrogen (secondary N) is 1. The van der Waals surface area contributed by atoms with Gasteiger partial charge >= 0.3 is 0 Å². The third-order valence-electron chi connectivity index (χ3n) is 7.68. The van der Waals surface area contributed by atoms with E-state index in [0.717, 1.165) is 51.2 Å². The van der Waals surface area contributed by atoms with Crippen LogP contribution in [0.4, 0.5) is 0 Å². The summed E-state index contributed by atoms with van der Waals surface area (Å²) >= 11 is 0. The Morgan fingerprint density at radius 2 is 1.82 bits per heavy atom. The van der Waals surface area contributed by atoms with Gasteiger partial charge in [-0.3, -0.25) is 14.5 Å². The molecule has 2 aromatic rings. The molecule has 7 rings (SSSR count). The van der Waals surface area contributed by atoms with Crippen LogP contribution in [0.3, 0.4) is 0 Å². The van der Waals surface area contributed by atoms with E-state index in [0.29, 0.717) is 30.8 Å². The van der Waals surface area contributed by atoms with E-state index in [4.69, 9.17) is 20.6 Å². The SMILES string of the molecule is CC.CO.NC1=NC2CCCCc3ccc4c(c3)C(CC4)NC(=O)c3ccc4c(c3)[C@@H](CCO4)N1C(=O)C2. The number of guanidine groups is 1. The Kier molecular flexibility index (Phi) is 9.05. The van der Waals surface area contributed by atoms with E-state index in [1.165, 1.54) is 16.7 Å². The highest BCUT2D eigenvalue weighted by Gasteiger charge is 2.37.